The molecule has 0 aromatic carbocycles. The van der Waals surface area contributed by atoms with Gasteiger partial charge in [-0.25, -0.2) is 0 Å². The summed E-state index contributed by atoms with van der Waals surface area (Å²) < 4.78 is 0. The van der Waals surface area contributed by atoms with Crippen LogP contribution in [0.4, 0.5) is 0 Å². The molecule has 118 valence electrons. The van der Waals surface area contributed by atoms with Crippen molar-refractivity contribution < 1.29 is 4.79 Å². The van der Waals surface area contributed by atoms with Crippen LogP contribution in [0, 0.1) is 34.5 Å². The van der Waals surface area contributed by atoms with Crippen molar-refractivity contribution in [2.24, 2.45) is 23.2 Å². The van der Waals surface area contributed by atoms with Crippen LogP contribution >= 0.6 is 0 Å². The van der Waals surface area contributed by atoms with Crippen LogP contribution in [0.3, 0.4) is 0 Å². The third-order valence-electron chi connectivity index (χ3n) is 6.73. The molecule has 3 nitrogen and oxygen atoms in total. The zero-order valence-corrected chi connectivity index (χ0v) is 13.6. The highest BCUT2D eigenvalue weighted by Gasteiger charge is 2.51. The Labute approximate surface area is 133 Å². The fraction of sp³-hybridized carbons (Fsp3) is 0.789. The molecule has 5 aliphatic rings. The monoisotopic (exact) mass is 298 g/mol. The van der Waals surface area contributed by atoms with Crippen molar-refractivity contribution in [3.8, 4) is 6.07 Å². The summed E-state index contributed by atoms with van der Waals surface area (Å²) in [5.41, 5.74) is 1.62. The zero-order chi connectivity index (χ0) is 15.3. The first-order chi connectivity index (χ1) is 10.6. The number of nitriles is 1. The van der Waals surface area contributed by atoms with E-state index in [-0.39, 0.29) is 12.5 Å². The van der Waals surface area contributed by atoms with Gasteiger partial charge in [-0.3, -0.25) is 4.79 Å². The highest BCUT2D eigenvalue weighted by atomic mass is 16.2. The van der Waals surface area contributed by atoms with Gasteiger partial charge in [-0.2, -0.15) is 5.26 Å². The summed E-state index contributed by atoms with van der Waals surface area (Å²) in [4.78, 5) is 14.4. The summed E-state index contributed by atoms with van der Waals surface area (Å²) in [5, 5.41) is 8.96. The molecule has 0 radical (unpaired) electrons. The van der Waals surface area contributed by atoms with Crippen molar-refractivity contribution in [1.29, 1.82) is 5.26 Å². The molecule has 0 aromatic heterocycles. The highest BCUT2D eigenvalue weighted by molar-refractivity contribution is 5.89. The van der Waals surface area contributed by atoms with E-state index in [2.05, 4.69) is 13.0 Å². The molecule has 5 fully saturated rings. The maximum Gasteiger partial charge on any atom is 0.247 e. The molecule has 0 saturated heterocycles. The summed E-state index contributed by atoms with van der Waals surface area (Å²) in [6.07, 6.45) is 12.2. The van der Waals surface area contributed by atoms with Crippen LogP contribution < -0.4 is 0 Å². The van der Waals surface area contributed by atoms with E-state index in [9.17, 15) is 4.79 Å². The quantitative estimate of drug-likeness (QED) is 0.587. The molecule has 3 heteroatoms. The van der Waals surface area contributed by atoms with Gasteiger partial charge in [0.1, 0.15) is 6.54 Å². The Morgan fingerprint density at radius 2 is 1.73 bits per heavy atom. The fourth-order valence-electron chi connectivity index (χ4n) is 5.86. The number of nitrogens with zero attached hydrogens (tertiary/aromatic N) is 2. The van der Waals surface area contributed by atoms with Crippen LogP contribution in [0.2, 0.25) is 0 Å². The number of rotatable bonds is 4. The van der Waals surface area contributed by atoms with Crippen LogP contribution in [0.25, 0.3) is 0 Å². The fourth-order valence-corrected chi connectivity index (χ4v) is 5.86. The largest absolute Gasteiger partial charge is 0.323 e. The molecule has 0 aliphatic heterocycles. The highest BCUT2D eigenvalue weighted by Crippen LogP contribution is 2.62. The minimum absolute atomic E-state index is 0.0808. The van der Waals surface area contributed by atoms with Crippen molar-refractivity contribution in [2.75, 3.05) is 6.54 Å². The molecule has 0 spiro atoms. The van der Waals surface area contributed by atoms with Gasteiger partial charge in [0.05, 0.1) is 6.07 Å². The molecule has 5 aliphatic carbocycles. The lowest BCUT2D eigenvalue weighted by Gasteiger charge is -2.57. The molecular formula is C19H26N2O. The molecule has 1 amide bonds. The first kappa shape index (κ1) is 14.3. The Hall–Kier alpha value is -1.30. The Kier molecular flexibility index (Phi) is 3.33. The molecule has 5 saturated carbocycles. The number of carbonyl (C=O) groups excluding carboxylic acids is 1. The predicted molar refractivity (Wildman–Crippen MR) is 84.7 cm³/mol. The van der Waals surface area contributed by atoms with Crippen molar-refractivity contribution in [3.63, 3.8) is 0 Å². The Bertz CT molecular complexity index is 517. The minimum atomic E-state index is 0.0808. The lowest BCUT2D eigenvalue weighted by molar-refractivity contribution is -0.126. The number of hydrogen-bond donors (Lipinski definition) is 0. The second kappa shape index (κ2) is 5.11. The maximum atomic E-state index is 12.6. The minimum Gasteiger partial charge on any atom is -0.323 e. The van der Waals surface area contributed by atoms with E-state index in [1.807, 2.05) is 6.08 Å². The van der Waals surface area contributed by atoms with Crippen molar-refractivity contribution >= 4 is 5.91 Å². The zero-order valence-electron chi connectivity index (χ0n) is 13.6. The Morgan fingerprint density at radius 1 is 1.18 bits per heavy atom. The summed E-state index contributed by atoms with van der Waals surface area (Å²) in [6.45, 7) is 2.43. The maximum absolute atomic E-state index is 12.6. The van der Waals surface area contributed by atoms with Gasteiger partial charge in [-0.05, 0) is 81.5 Å². The Balaban J connectivity index is 1.54. The number of carbonyl (C=O) groups is 1. The first-order valence-electron chi connectivity index (χ1n) is 8.96. The summed E-state index contributed by atoms with van der Waals surface area (Å²) >= 11 is 0. The molecule has 4 bridgehead atoms. The molecule has 0 unspecified atom stereocenters. The van der Waals surface area contributed by atoms with Gasteiger partial charge in [0.2, 0.25) is 5.91 Å². The molecule has 0 aromatic rings. The lowest BCUT2D eigenvalue weighted by Crippen LogP contribution is -2.46. The predicted octanol–water partition coefficient (Wildman–Crippen LogP) is 3.66. The van der Waals surface area contributed by atoms with Crippen LogP contribution in [-0.4, -0.2) is 23.4 Å². The summed E-state index contributed by atoms with van der Waals surface area (Å²) in [7, 11) is 0. The molecule has 0 N–H and O–H groups in total. The smallest absolute Gasteiger partial charge is 0.247 e. The van der Waals surface area contributed by atoms with Crippen molar-refractivity contribution in [1.82, 2.24) is 4.90 Å². The van der Waals surface area contributed by atoms with E-state index in [1.54, 1.807) is 4.90 Å². The number of hydrogen-bond acceptors (Lipinski definition) is 2. The first-order valence-corrected chi connectivity index (χ1v) is 8.96. The normalized spacial score (nSPS) is 39.6. The van der Waals surface area contributed by atoms with E-state index in [4.69, 9.17) is 5.26 Å². The van der Waals surface area contributed by atoms with Crippen molar-refractivity contribution in [3.05, 3.63) is 11.6 Å². The van der Waals surface area contributed by atoms with Crippen LogP contribution in [0.15, 0.2) is 11.6 Å². The van der Waals surface area contributed by atoms with Gasteiger partial charge < -0.3 is 4.90 Å². The topological polar surface area (TPSA) is 44.1 Å². The van der Waals surface area contributed by atoms with Gasteiger partial charge in [0.15, 0.2) is 0 Å². The van der Waals surface area contributed by atoms with E-state index in [1.165, 1.54) is 44.1 Å². The average molecular weight is 298 g/mol. The third kappa shape index (κ3) is 2.37. The standard InChI is InChI=1S/C19H26N2O/c1-13(6-18(22)21(5-4-20)17-2-3-17)19-10-14-7-15(11-19)9-16(8-14)12-19/h6,14-17H,2-3,5,7-12H2,1H3. The molecule has 22 heavy (non-hydrogen) atoms. The van der Waals surface area contributed by atoms with Crippen LogP contribution in [0.5, 0.6) is 0 Å². The van der Waals surface area contributed by atoms with Crippen molar-refractivity contribution in [2.45, 2.75) is 64.3 Å². The second-order valence-corrected chi connectivity index (χ2v) is 8.38. The van der Waals surface area contributed by atoms with Gasteiger partial charge in [-0.1, -0.05) is 5.57 Å². The van der Waals surface area contributed by atoms with Crippen LogP contribution in [-0.2, 0) is 4.79 Å². The van der Waals surface area contributed by atoms with E-state index >= 15 is 0 Å². The second-order valence-electron chi connectivity index (χ2n) is 8.38. The summed E-state index contributed by atoms with van der Waals surface area (Å²) in [6, 6.07) is 2.48. The Morgan fingerprint density at radius 3 is 2.18 bits per heavy atom. The average Bonchev–Trinajstić information content (AvgIpc) is 3.27. The molecule has 0 heterocycles. The number of amides is 1. The van der Waals surface area contributed by atoms with Gasteiger partial charge in [0, 0.05) is 12.1 Å². The lowest BCUT2D eigenvalue weighted by atomic mass is 9.48. The van der Waals surface area contributed by atoms with Gasteiger partial charge >= 0.3 is 0 Å². The summed E-state index contributed by atoms with van der Waals surface area (Å²) in [5.74, 6) is 2.80. The van der Waals surface area contributed by atoms with Gasteiger partial charge in [0.25, 0.3) is 0 Å². The third-order valence-corrected chi connectivity index (χ3v) is 6.73. The molecule has 0 atom stereocenters. The van der Waals surface area contributed by atoms with E-state index in [0.29, 0.717) is 11.5 Å². The van der Waals surface area contributed by atoms with E-state index in [0.717, 1.165) is 30.6 Å². The number of allylic oxidation sites excluding steroid dienone is 1. The van der Waals surface area contributed by atoms with E-state index < -0.39 is 0 Å². The molecular weight excluding hydrogens is 272 g/mol. The van der Waals surface area contributed by atoms with Crippen LogP contribution in [0.1, 0.15) is 58.3 Å². The SMILES string of the molecule is CC(=CC(=O)N(CC#N)C1CC1)C12CC3CC(CC(C3)C1)C2. The molecule has 5 rings (SSSR count). The van der Waals surface area contributed by atoms with Gasteiger partial charge in [-0.15, -0.1) is 0 Å².